The van der Waals surface area contributed by atoms with E-state index in [9.17, 15) is 0 Å². The first kappa shape index (κ1) is 17.7. The average Bonchev–Trinajstić information content (AvgIpc) is 2.28. The zero-order chi connectivity index (χ0) is 14.2. The van der Waals surface area contributed by atoms with Crippen molar-refractivity contribution in [3.05, 3.63) is 11.6 Å². The van der Waals surface area contributed by atoms with Crippen molar-refractivity contribution in [1.29, 1.82) is 0 Å². The van der Waals surface area contributed by atoms with Crippen molar-refractivity contribution >= 4 is 0 Å². The van der Waals surface area contributed by atoms with Crippen molar-refractivity contribution < 1.29 is 0 Å². The second-order valence-electron chi connectivity index (χ2n) is 6.67. The summed E-state index contributed by atoms with van der Waals surface area (Å²) in [7, 11) is 4.47. The molecule has 0 N–H and O–H groups in total. The maximum atomic E-state index is 2.43. The fraction of sp³-hybridized carbons (Fsp3) is 0.882. The molecular weight excluding hydrogens is 218 g/mol. The van der Waals surface area contributed by atoms with E-state index in [0.717, 1.165) is 5.92 Å². The van der Waals surface area contributed by atoms with Crippen LogP contribution in [0.4, 0.5) is 0 Å². The first-order valence-corrected chi connectivity index (χ1v) is 7.61. The summed E-state index contributed by atoms with van der Waals surface area (Å²) in [5.74, 6) is 0.835. The summed E-state index contributed by atoms with van der Waals surface area (Å²) in [6, 6.07) is 0. The van der Waals surface area contributed by atoms with Gasteiger partial charge in [0.25, 0.3) is 0 Å². The van der Waals surface area contributed by atoms with Gasteiger partial charge in [0.05, 0.1) is 0 Å². The Morgan fingerprint density at radius 1 is 1.17 bits per heavy atom. The van der Waals surface area contributed by atoms with Crippen LogP contribution in [0.2, 0.25) is 0 Å². The standard InChI is InChI=1S/C17H35N/c1-8-16(4)12-10-14-17(5,18(6)7)13-9-11-15(2)3/h8,15H,9-14H2,1-7H3/t17-/m0/s1. The van der Waals surface area contributed by atoms with E-state index in [1.807, 2.05) is 0 Å². The van der Waals surface area contributed by atoms with Crippen LogP contribution >= 0.6 is 0 Å². The number of nitrogens with zero attached hydrogens (tertiary/aromatic N) is 1. The molecule has 0 heterocycles. The topological polar surface area (TPSA) is 3.24 Å². The molecule has 0 rings (SSSR count). The van der Waals surface area contributed by atoms with E-state index < -0.39 is 0 Å². The molecule has 1 nitrogen and oxygen atoms in total. The monoisotopic (exact) mass is 253 g/mol. The number of hydrogen-bond donors (Lipinski definition) is 0. The molecule has 0 aromatic heterocycles. The van der Waals surface area contributed by atoms with E-state index >= 15 is 0 Å². The van der Waals surface area contributed by atoms with E-state index in [1.54, 1.807) is 0 Å². The largest absolute Gasteiger partial charge is 0.304 e. The van der Waals surface area contributed by atoms with E-state index in [0.29, 0.717) is 5.54 Å². The van der Waals surface area contributed by atoms with Gasteiger partial charge >= 0.3 is 0 Å². The Morgan fingerprint density at radius 2 is 1.72 bits per heavy atom. The van der Waals surface area contributed by atoms with Gasteiger partial charge in [0.1, 0.15) is 0 Å². The predicted octanol–water partition coefficient (Wildman–Crippen LogP) is 5.27. The fourth-order valence-electron chi connectivity index (χ4n) is 2.36. The van der Waals surface area contributed by atoms with Crippen LogP contribution < -0.4 is 0 Å². The van der Waals surface area contributed by atoms with Gasteiger partial charge in [0.15, 0.2) is 0 Å². The van der Waals surface area contributed by atoms with Crippen molar-refractivity contribution in [1.82, 2.24) is 4.90 Å². The van der Waals surface area contributed by atoms with Crippen LogP contribution in [0.15, 0.2) is 11.6 Å². The Hall–Kier alpha value is -0.300. The first-order chi connectivity index (χ1) is 8.31. The van der Waals surface area contributed by atoms with Crippen molar-refractivity contribution in [3.63, 3.8) is 0 Å². The minimum absolute atomic E-state index is 0.378. The molecule has 0 aliphatic rings. The Balaban J connectivity index is 4.17. The minimum Gasteiger partial charge on any atom is -0.304 e. The summed E-state index contributed by atoms with van der Waals surface area (Å²) in [5, 5.41) is 0. The lowest BCUT2D eigenvalue weighted by Crippen LogP contribution is -2.41. The van der Waals surface area contributed by atoms with Crippen molar-refractivity contribution in [2.45, 2.75) is 78.7 Å². The van der Waals surface area contributed by atoms with Gasteiger partial charge in [-0.1, -0.05) is 38.3 Å². The SMILES string of the molecule is CC=C(C)CCC[C@](C)(CCCC(C)C)N(C)C. The Labute approximate surface area is 116 Å². The molecular formula is C17H35N. The number of hydrogen-bond acceptors (Lipinski definition) is 1. The van der Waals surface area contributed by atoms with Crippen LogP contribution in [0.1, 0.15) is 73.1 Å². The zero-order valence-electron chi connectivity index (χ0n) is 13.8. The van der Waals surface area contributed by atoms with Gasteiger partial charge in [-0.15, -0.1) is 0 Å². The summed E-state index contributed by atoms with van der Waals surface area (Å²) in [6.07, 6.45) is 10.2. The van der Waals surface area contributed by atoms with Crippen LogP contribution in [0.25, 0.3) is 0 Å². The van der Waals surface area contributed by atoms with Gasteiger partial charge in [-0.2, -0.15) is 0 Å². The highest BCUT2D eigenvalue weighted by atomic mass is 15.1. The quantitative estimate of drug-likeness (QED) is 0.506. The molecule has 0 unspecified atom stereocenters. The molecule has 0 bridgehead atoms. The molecule has 0 radical (unpaired) electrons. The highest BCUT2D eigenvalue weighted by Crippen LogP contribution is 2.27. The highest BCUT2D eigenvalue weighted by molar-refractivity contribution is 4.96. The van der Waals surface area contributed by atoms with Gasteiger partial charge < -0.3 is 4.90 Å². The molecule has 0 saturated carbocycles. The van der Waals surface area contributed by atoms with Crippen LogP contribution in [-0.2, 0) is 0 Å². The summed E-state index contributed by atoms with van der Waals surface area (Å²) < 4.78 is 0. The molecule has 0 spiro atoms. The summed E-state index contributed by atoms with van der Waals surface area (Å²) in [4.78, 5) is 2.43. The van der Waals surface area contributed by atoms with Crippen LogP contribution in [0.3, 0.4) is 0 Å². The maximum Gasteiger partial charge on any atom is 0.0175 e. The molecule has 1 atom stereocenters. The van der Waals surface area contributed by atoms with Crippen LogP contribution in [-0.4, -0.2) is 24.5 Å². The summed E-state index contributed by atoms with van der Waals surface area (Å²) >= 11 is 0. The van der Waals surface area contributed by atoms with E-state index in [-0.39, 0.29) is 0 Å². The average molecular weight is 253 g/mol. The van der Waals surface area contributed by atoms with Crippen LogP contribution in [0.5, 0.6) is 0 Å². The lowest BCUT2D eigenvalue weighted by atomic mass is 9.86. The fourth-order valence-corrected chi connectivity index (χ4v) is 2.36. The zero-order valence-corrected chi connectivity index (χ0v) is 13.8. The van der Waals surface area contributed by atoms with Gasteiger partial charge in [0, 0.05) is 5.54 Å². The summed E-state index contributed by atoms with van der Waals surface area (Å²) in [5.41, 5.74) is 1.90. The van der Waals surface area contributed by atoms with Gasteiger partial charge in [0.2, 0.25) is 0 Å². The third kappa shape index (κ3) is 7.20. The second kappa shape index (κ2) is 8.74. The molecule has 0 amide bonds. The lowest BCUT2D eigenvalue weighted by Gasteiger charge is -2.37. The molecule has 18 heavy (non-hydrogen) atoms. The third-order valence-corrected chi connectivity index (χ3v) is 4.36. The van der Waals surface area contributed by atoms with Crippen LogP contribution in [0, 0.1) is 5.92 Å². The molecule has 0 aliphatic heterocycles. The highest BCUT2D eigenvalue weighted by Gasteiger charge is 2.25. The number of allylic oxidation sites excluding steroid dienone is 2. The van der Waals surface area contributed by atoms with Crippen molar-refractivity contribution in [3.8, 4) is 0 Å². The molecule has 0 aromatic carbocycles. The van der Waals surface area contributed by atoms with Gasteiger partial charge in [-0.3, -0.25) is 0 Å². The first-order valence-electron chi connectivity index (χ1n) is 7.61. The van der Waals surface area contributed by atoms with Crippen molar-refractivity contribution in [2.24, 2.45) is 5.92 Å². The molecule has 0 aromatic rings. The minimum atomic E-state index is 0.378. The normalized spacial score (nSPS) is 16.4. The molecule has 0 saturated heterocycles. The van der Waals surface area contributed by atoms with Crippen molar-refractivity contribution in [2.75, 3.05) is 14.1 Å². The predicted molar refractivity (Wildman–Crippen MR) is 84.1 cm³/mol. The molecule has 1 heteroatoms. The van der Waals surface area contributed by atoms with Gasteiger partial charge in [-0.25, -0.2) is 0 Å². The van der Waals surface area contributed by atoms with Gasteiger partial charge in [-0.05, 0) is 66.5 Å². The number of rotatable bonds is 9. The molecule has 0 aliphatic carbocycles. The lowest BCUT2D eigenvalue weighted by molar-refractivity contribution is 0.139. The second-order valence-corrected chi connectivity index (χ2v) is 6.67. The van der Waals surface area contributed by atoms with E-state index in [4.69, 9.17) is 0 Å². The van der Waals surface area contributed by atoms with E-state index in [1.165, 1.54) is 44.1 Å². The van der Waals surface area contributed by atoms with E-state index in [2.05, 4.69) is 59.7 Å². The Morgan fingerprint density at radius 3 is 2.17 bits per heavy atom. The smallest absolute Gasteiger partial charge is 0.0175 e. The third-order valence-electron chi connectivity index (χ3n) is 4.36. The maximum absolute atomic E-state index is 2.43. The molecule has 108 valence electrons. The Kier molecular flexibility index (Phi) is 8.60. The Bertz CT molecular complexity index is 240. The molecule has 0 fully saturated rings. The summed E-state index contributed by atoms with van der Waals surface area (Å²) in [6.45, 7) is 11.5.